The molecule has 1 aromatic rings. The molecule has 21 heavy (non-hydrogen) atoms. The Bertz CT molecular complexity index is 530. The van der Waals surface area contributed by atoms with Gasteiger partial charge in [-0.15, -0.1) is 0 Å². The third-order valence-corrected chi connectivity index (χ3v) is 3.90. The molecule has 1 heterocycles. The Labute approximate surface area is 127 Å². The van der Waals surface area contributed by atoms with E-state index >= 15 is 0 Å². The van der Waals surface area contributed by atoms with Gasteiger partial charge in [-0.05, 0) is 18.9 Å². The van der Waals surface area contributed by atoms with E-state index in [1.807, 2.05) is 0 Å². The van der Waals surface area contributed by atoms with Gasteiger partial charge in [0.05, 0.1) is 0 Å². The molecular weight excluding hydrogens is 294 g/mol. The molecule has 6 nitrogen and oxygen atoms in total. The summed E-state index contributed by atoms with van der Waals surface area (Å²) in [5, 5.41) is 12.2. The van der Waals surface area contributed by atoms with Gasteiger partial charge >= 0.3 is 12.0 Å². The van der Waals surface area contributed by atoms with Crippen molar-refractivity contribution in [2.24, 2.45) is 5.73 Å². The van der Waals surface area contributed by atoms with Crippen LogP contribution >= 0.6 is 11.6 Å². The van der Waals surface area contributed by atoms with E-state index in [2.05, 4.69) is 5.32 Å². The molecule has 1 saturated heterocycles. The smallest absolute Gasteiger partial charge is 0.331 e. The van der Waals surface area contributed by atoms with Gasteiger partial charge in [0.25, 0.3) is 0 Å². The number of likely N-dealkylation sites (tertiary alicyclic amines) is 1. The molecule has 0 aromatic heterocycles. The first-order chi connectivity index (χ1) is 9.99. The highest BCUT2D eigenvalue weighted by Gasteiger charge is 2.28. The van der Waals surface area contributed by atoms with Crippen LogP contribution in [-0.2, 0) is 4.79 Å². The Morgan fingerprint density at radius 2 is 1.95 bits per heavy atom. The molecule has 1 aromatic carbocycles. The fourth-order valence-corrected chi connectivity index (χ4v) is 2.54. The number of rotatable bonds is 3. The third kappa shape index (κ3) is 3.86. The summed E-state index contributed by atoms with van der Waals surface area (Å²) in [6, 6.07) is 5.11. The number of carbonyl (C=O) groups excluding carboxylic acids is 1. The molecule has 1 fully saturated rings. The van der Waals surface area contributed by atoms with Crippen molar-refractivity contribution < 1.29 is 14.7 Å². The molecule has 4 N–H and O–H groups in total. The van der Waals surface area contributed by atoms with Crippen LogP contribution in [0.15, 0.2) is 24.3 Å². The Balaban J connectivity index is 2.08. The topological polar surface area (TPSA) is 95.7 Å². The molecule has 1 aliphatic heterocycles. The summed E-state index contributed by atoms with van der Waals surface area (Å²) in [6.45, 7) is 1.06. The van der Waals surface area contributed by atoms with Gasteiger partial charge in [-0.2, -0.15) is 0 Å². The third-order valence-electron chi connectivity index (χ3n) is 3.56. The minimum absolute atomic E-state index is 0.105. The highest BCUT2D eigenvalue weighted by molar-refractivity contribution is 6.31. The lowest BCUT2D eigenvalue weighted by Gasteiger charge is -2.31. The zero-order valence-electron chi connectivity index (χ0n) is 11.5. The summed E-state index contributed by atoms with van der Waals surface area (Å²) < 4.78 is 0. The van der Waals surface area contributed by atoms with Crippen molar-refractivity contribution in [1.29, 1.82) is 0 Å². The van der Waals surface area contributed by atoms with Gasteiger partial charge in [-0.3, -0.25) is 0 Å². The lowest BCUT2D eigenvalue weighted by molar-refractivity contribution is -0.139. The van der Waals surface area contributed by atoms with Crippen molar-refractivity contribution in [2.75, 3.05) is 13.1 Å². The monoisotopic (exact) mass is 311 g/mol. The minimum atomic E-state index is -1.17. The molecule has 2 rings (SSSR count). The number of aliphatic carboxylic acids is 1. The number of benzene rings is 1. The first kappa shape index (κ1) is 15.6. The SMILES string of the molecule is NC1CCN(C(=O)N[C@@H](C(=O)O)c2ccccc2Cl)CC1. The normalized spacial score (nSPS) is 17.3. The number of nitrogens with zero attached hydrogens (tertiary/aromatic N) is 1. The van der Waals surface area contributed by atoms with Crippen molar-refractivity contribution in [2.45, 2.75) is 24.9 Å². The summed E-state index contributed by atoms with van der Waals surface area (Å²) in [5.41, 5.74) is 6.16. The second kappa shape index (κ2) is 6.78. The largest absolute Gasteiger partial charge is 0.479 e. The first-order valence-electron chi connectivity index (χ1n) is 6.77. The van der Waals surface area contributed by atoms with E-state index in [0.29, 0.717) is 23.7 Å². The van der Waals surface area contributed by atoms with E-state index in [0.717, 1.165) is 12.8 Å². The molecule has 0 radical (unpaired) electrons. The van der Waals surface area contributed by atoms with Gasteiger partial charge in [0.1, 0.15) is 0 Å². The van der Waals surface area contributed by atoms with E-state index in [-0.39, 0.29) is 6.04 Å². The number of nitrogens with one attached hydrogen (secondary N) is 1. The number of carboxylic acid groups (broad SMARTS) is 1. The van der Waals surface area contributed by atoms with Crippen LogP contribution in [-0.4, -0.2) is 41.1 Å². The van der Waals surface area contributed by atoms with Gasteiger partial charge in [-0.1, -0.05) is 29.8 Å². The number of carboxylic acids is 1. The second-order valence-electron chi connectivity index (χ2n) is 5.07. The van der Waals surface area contributed by atoms with Gasteiger partial charge in [0.2, 0.25) is 0 Å². The molecule has 1 atom stereocenters. The van der Waals surface area contributed by atoms with Crippen LogP contribution in [0.4, 0.5) is 4.79 Å². The van der Waals surface area contributed by atoms with Gasteiger partial charge in [-0.25, -0.2) is 9.59 Å². The Morgan fingerprint density at radius 1 is 1.33 bits per heavy atom. The lowest BCUT2D eigenvalue weighted by atomic mass is 10.1. The van der Waals surface area contributed by atoms with Crippen LogP contribution in [0.25, 0.3) is 0 Å². The predicted molar refractivity (Wildman–Crippen MR) is 79.1 cm³/mol. The van der Waals surface area contributed by atoms with E-state index in [1.165, 1.54) is 0 Å². The maximum Gasteiger partial charge on any atom is 0.331 e. The maximum absolute atomic E-state index is 12.2. The van der Waals surface area contributed by atoms with Crippen LogP contribution in [0, 0.1) is 0 Å². The number of amides is 2. The molecule has 0 bridgehead atoms. The zero-order valence-corrected chi connectivity index (χ0v) is 12.2. The van der Waals surface area contributed by atoms with Gasteiger partial charge < -0.3 is 21.1 Å². The molecule has 2 amide bonds. The van der Waals surface area contributed by atoms with Crippen molar-refractivity contribution in [1.82, 2.24) is 10.2 Å². The highest BCUT2D eigenvalue weighted by atomic mass is 35.5. The molecule has 0 saturated carbocycles. The van der Waals surface area contributed by atoms with E-state index in [4.69, 9.17) is 17.3 Å². The van der Waals surface area contributed by atoms with Crippen LogP contribution in [0.2, 0.25) is 5.02 Å². The Kier molecular flexibility index (Phi) is 5.03. The number of nitrogens with two attached hydrogens (primary N) is 1. The molecule has 0 spiro atoms. The summed E-state index contributed by atoms with van der Waals surface area (Å²) in [7, 11) is 0. The maximum atomic E-state index is 12.2. The summed E-state index contributed by atoms with van der Waals surface area (Å²) in [5.74, 6) is -1.15. The fourth-order valence-electron chi connectivity index (χ4n) is 2.30. The lowest BCUT2D eigenvalue weighted by Crippen LogP contribution is -2.49. The number of piperidine rings is 1. The number of carbonyl (C=O) groups is 2. The van der Waals surface area contributed by atoms with Gasteiger partial charge in [0.15, 0.2) is 6.04 Å². The first-order valence-corrected chi connectivity index (χ1v) is 7.15. The number of hydrogen-bond donors (Lipinski definition) is 3. The summed E-state index contributed by atoms with van der Waals surface area (Å²) >= 11 is 6.01. The summed E-state index contributed by atoms with van der Waals surface area (Å²) in [6.07, 6.45) is 1.44. The average Bonchev–Trinajstić information content (AvgIpc) is 2.46. The quantitative estimate of drug-likeness (QED) is 0.790. The molecule has 7 heteroatoms. The second-order valence-corrected chi connectivity index (χ2v) is 5.47. The van der Waals surface area contributed by atoms with E-state index in [1.54, 1.807) is 29.2 Å². The molecular formula is C14H18ClN3O3. The molecule has 0 aliphatic carbocycles. The van der Waals surface area contributed by atoms with Crippen LogP contribution in [0.5, 0.6) is 0 Å². The highest BCUT2D eigenvalue weighted by Crippen LogP contribution is 2.23. The number of halogens is 1. The van der Waals surface area contributed by atoms with E-state index < -0.39 is 18.0 Å². The van der Waals surface area contributed by atoms with Crippen LogP contribution < -0.4 is 11.1 Å². The fraction of sp³-hybridized carbons (Fsp3) is 0.429. The Hall–Kier alpha value is -1.79. The van der Waals surface area contributed by atoms with Crippen molar-refractivity contribution >= 4 is 23.6 Å². The van der Waals surface area contributed by atoms with Crippen LogP contribution in [0.3, 0.4) is 0 Å². The standard InChI is InChI=1S/C14H18ClN3O3/c15-11-4-2-1-3-10(11)12(13(19)20)17-14(21)18-7-5-9(16)6-8-18/h1-4,9,12H,5-8,16H2,(H,17,21)(H,19,20)/t12-/m1/s1. The molecule has 1 aliphatic rings. The summed E-state index contributed by atoms with van der Waals surface area (Å²) in [4.78, 5) is 25.2. The zero-order chi connectivity index (χ0) is 15.4. The van der Waals surface area contributed by atoms with Crippen molar-refractivity contribution in [3.63, 3.8) is 0 Å². The average molecular weight is 312 g/mol. The molecule has 114 valence electrons. The predicted octanol–water partition coefficient (Wildman–Crippen LogP) is 1.60. The molecule has 0 unspecified atom stereocenters. The van der Waals surface area contributed by atoms with Crippen LogP contribution in [0.1, 0.15) is 24.4 Å². The number of urea groups is 1. The van der Waals surface area contributed by atoms with Crippen molar-refractivity contribution in [3.05, 3.63) is 34.9 Å². The number of hydrogen-bond acceptors (Lipinski definition) is 3. The minimum Gasteiger partial charge on any atom is -0.479 e. The van der Waals surface area contributed by atoms with Crippen molar-refractivity contribution in [3.8, 4) is 0 Å². The van der Waals surface area contributed by atoms with Gasteiger partial charge in [0, 0.05) is 29.7 Å². The Morgan fingerprint density at radius 3 is 2.52 bits per heavy atom. The van der Waals surface area contributed by atoms with E-state index in [9.17, 15) is 14.7 Å².